The maximum absolute atomic E-state index is 11.8. The number of nitrogens with two attached hydrogens (primary N) is 1. The summed E-state index contributed by atoms with van der Waals surface area (Å²) in [6.45, 7) is 3.12. The molecule has 1 aliphatic rings. The molecule has 2 rings (SSSR count). The van der Waals surface area contributed by atoms with E-state index in [1.165, 1.54) is 20.0 Å². The molecule has 0 saturated heterocycles. The summed E-state index contributed by atoms with van der Waals surface area (Å²) >= 11 is 0. The predicted octanol–water partition coefficient (Wildman–Crippen LogP) is 0.900. The van der Waals surface area contributed by atoms with Gasteiger partial charge in [-0.1, -0.05) is 0 Å². The molecule has 0 radical (unpaired) electrons. The highest BCUT2D eigenvalue weighted by Gasteiger charge is 2.34. The van der Waals surface area contributed by atoms with Crippen LogP contribution in [0.2, 0.25) is 0 Å². The first kappa shape index (κ1) is 13.1. The summed E-state index contributed by atoms with van der Waals surface area (Å²) in [6, 6.07) is 0. The van der Waals surface area contributed by atoms with Gasteiger partial charge < -0.3 is 15.0 Å². The Morgan fingerprint density at radius 2 is 2.39 bits per heavy atom. The zero-order chi connectivity index (χ0) is 13.2. The third-order valence-electron chi connectivity index (χ3n) is 3.66. The molecule has 5 heteroatoms. The van der Waals surface area contributed by atoms with Crippen LogP contribution in [0, 0.1) is 5.41 Å². The van der Waals surface area contributed by atoms with Crippen molar-refractivity contribution in [2.24, 2.45) is 11.1 Å². The molecule has 100 valence electrons. The molecular weight excluding hydrogens is 230 g/mol. The molecule has 0 spiro atoms. The van der Waals surface area contributed by atoms with Crippen LogP contribution in [0.25, 0.3) is 0 Å². The van der Waals surface area contributed by atoms with Gasteiger partial charge in [-0.2, -0.15) is 0 Å². The normalized spacial score (nSPS) is 17.9. The predicted molar refractivity (Wildman–Crippen MR) is 68.0 cm³/mol. The number of carbonyl (C=O) groups excluding carboxylic acids is 1. The van der Waals surface area contributed by atoms with Gasteiger partial charge in [-0.25, -0.2) is 4.98 Å². The lowest BCUT2D eigenvalue weighted by Crippen LogP contribution is -2.38. The minimum atomic E-state index is -0.681. The molecule has 1 atom stereocenters. The number of rotatable bonds is 4. The van der Waals surface area contributed by atoms with Crippen LogP contribution >= 0.6 is 0 Å². The number of aryl methyl sites for hydroxylation is 2. The summed E-state index contributed by atoms with van der Waals surface area (Å²) in [7, 11) is 1.40. The van der Waals surface area contributed by atoms with Crippen molar-refractivity contribution >= 4 is 5.97 Å². The quantitative estimate of drug-likeness (QED) is 0.807. The summed E-state index contributed by atoms with van der Waals surface area (Å²) in [5.74, 6) is 0.858. The van der Waals surface area contributed by atoms with Gasteiger partial charge >= 0.3 is 5.97 Å². The molecule has 0 aliphatic carbocycles. The number of fused-ring (bicyclic) bond motifs is 1. The van der Waals surface area contributed by atoms with Crippen molar-refractivity contribution in [3.63, 3.8) is 0 Å². The van der Waals surface area contributed by atoms with Crippen LogP contribution < -0.4 is 5.73 Å². The number of ether oxygens (including phenoxy) is 1. The summed E-state index contributed by atoms with van der Waals surface area (Å²) in [5, 5.41) is 0. The summed E-state index contributed by atoms with van der Waals surface area (Å²) < 4.78 is 7.01. The van der Waals surface area contributed by atoms with Gasteiger partial charge in [-0.3, -0.25) is 4.79 Å². The number of nitrogens with zero attached hydrogens (tertiary/aromatic N) is 2. The number of hydrogen-bond donors (Lipinski definition) is 1. The maximum Gasteiger partial charge on any atom is 0.313 e. The van der Waals surface area contributed by atoms with E-state index >= 15 is 0 Å². The molecule has 0 bridgehead atoms. The molecule has 1 aromatic rings. The van der Waals surface area contributed by atoms with Gasteiger partial charge in [0.05, 0.1) is 18.2 Å². The van der Waals surface area contributed by atoms with Crippen LogP contribution in [0.15, 0.2) is 6.20 Å². The number of aromatic nitrogens is 2. The maximum atomic E-state index is 11.8. The zero-order valence-electron chi connectivity index (χ0n) is 11.1. The Hall–Kier alpha value is -1.36. The summed E-state index contributed by atoms with van der Waals surface area (Å²) in [4.78, 5) is 16.4. The van der Waals surface area contributed by atoms with Crippen LogP contribution in [-0.4, -0.2) is 29.2 Å². The molecule has 1 unspecified atom stereocenters. The van der Waals surface area contributed by atoms with Crippen LogP contribution in [0.1, 0.15) is 31.3 Å². The number of methoxy groups -OCH3 is 1. The van der Waals surface area contributed by atoms with Crippen LogP contribution in [0.4, 0.5) is 0 Å². The highest BCUT2D eigenvalue weighted by atomic mass is 16.5. The highest BCUT2D eigenvalue weighted by Crippen LogP contribution is 2.24. The van der Waals surface area contributed by atoms with Crippen molar-refractivity contribution in [2.45, 2.75) is 39.2 Å². The first-order valence-electron chi connectivity index (χ1n) is 6.42. The first-order valence-corrected chi connectivity index (χ1v) is 6.42. The fourth-order valence-corrected chi connectivity index (χ4v) is 2.43. The van der Waals surface area contributed by atoms with E-state index < -0.39 is 5.41 Å². The van der Waals surface area contributed by atoms with E-state index in [-0.39, 0.29) is 12.5 Å². The topological polar surface area (TPSA) is 70.1 Å². The fourth-order valence-electron chi connectivity index (χ4n) is 2.43. The molecule has 0 amide bonds. The lowest BCUT2D eigenvalue weighted by atomic mass is 9.86. The van der Waals surface area contributed by atoms with Gasteiger partial charge in [0.1, 0.15) is 5.82 Å². The van der Waals surface area contributed by atoms with Gasteiger partial charge in [0.2, 0.25) is 0 Å². The van der Waals surface area contributed by atoms with E-state index in [4.69, 9.17) is 10.5 Å². The van der Waals surface area contributed by atoms with Crippen molar-refractivity contribution in [3.05, 3.63) is 17.7 Å². The number of esters is 1. The summed E-state index contributed by atoms with van der Waals surface area (Å²) in [5.41, 5.74) is 5.97. The second kappa shape index (κ2) is 5.10. The second-order valence-corrected chi connectivity index (χ2v) is 5.23. The van der Waals surface area contributed by atoms with Gasteiger partial charge in [0.15, 0.2) is 0 Å². The molecule has 0 fully saturated rings. The molecule has 1 aromatic heterocycles. The first-order chi connectivity index (χ1) is 8.59. The number of imidazole rings is 1. The largest absolute Gasteiger partial charge is 0.469 e. The minimum absolute atomic E-state index is 0.266. The molecule has 1 aliphatic heterocycles. The number of carbonyl (C=O) groups is 1. The third-order valence-corrected chi connectivity index (χ3v) is 3.66. The smallest absolute Gasteiger partial charge is 0.313 e. The van der Waals surface area contributed by atoms with Crippen LogP contribution in [-0.2, 0) is 28.9 Å². The van der Waals surface area contributed by atoms with Crippen molar-refractivity contribution in [2.75, 3.05) is 13.7 Å². The average Bonchev–Trinajstić information content (AvgIpc) is 2.79. The second-order valence-electron chi connectivity index (χ2n) is 5.23. The molecule has 0 saturated carbocycles. The zero-order valence-corrected chi connectivity index (χ0v) is 11.1. The van der Waals surface area contributed by atoms with Crippen molar-refractivity contribution in [3.8, 4) is 0 Å². The Morgan fingerprint density at radius 3 is 3.00 bits per heavy atom. The average molecular weight is 251 g/mol. The van der Waals surface area contributed by atoms with Crippen LogP contribution in [0.3, 0.4) is 0 Å². The molecule has 5 nitrogen and oxygen atoms in total. The minimum Gasteiger partial charge on any atom is -0.469 e. The van der Waals surface area contributed by atoms with Crippen LogP contribution in [0.5, 0.6) is 0 Å². The molecule has 0 aromatic carbocycles. The third kappa shape index (κ3) is 2.41. The Kier molecular flexibility index (Phi) is 3.71. The summed E-state index contributed by atoms with van der Waals surface area (Å²) in [6.07, 6.45) is 6.01. The van der Waals surface area contributed by atoms with E-state index in [9.17, 15) is 4.79 Å². The van der Waals surface area contributed by atoms with E-state index in [2.05, 4.69) is 9.55 Å². The van der Waals surface area contributed by atoms with E-state index in [1.807, 2.05) is 13.1 Å². The van der Waals surface area contributed by atoms with Gasteiger partial charge in [-0.05, 0) is 19.8 Å². The van der Waals surface area contributed by atoms with Gasteiger partial charge in [0, 0.05) is 32.1 Å². The standard InChI is InChI=1S/C13H21N3O2/c1-13(9-14,12(17)18-2)7-10-8-16-6-4-3-5-11(16)15-10/h8H,3-7,9,14H2,1-2H3. The lowest BCUT2D eigenvalue weighted by molar-refractivity contribution is -0.151. The Morgan fingerprint density at radius 1 is 1.61 bits per heavy atom. The van der Waals surface area contributed by atoms with Crippen molar-refractivity contribution < 1.29 is 9.53 Å². The lowest BCUT2D eigenvalue weighted by Gasteiger charge is -2.23. The number of hydrogen-bond acceptors (Lipinski definition) is 4. The fraction of sp³-hybridized carbons (Fsp3) is 0.692. The van der Waals surface area contributed by atoms with E-state index in [0.717, 1.165) is 24.5 Å². The Labute approximate surface area is 107 Å². The monoisotopic (exact) mass is 251 g/mol. The van der Waals surface area contributed by atoms with Gasteiger partial charge in [0.25, 0.3) is 0 Å². The molecular formula is C13H21N3O2. The molecule has 2 heterocycles. The van der Waals surface area contributed by atoms with E-state index in [0.29, 0.717) is 6.42 Å². The SMILES string of the molecule is COC(=O)C(C)(CN)Cc1cn2c(n1)CCCC2. The highest BCUT2D eigenvalue weighted by molar-refractivity contribution is 5.76. The van der Waals surface area contributed by atoms with Crippen molar-refractivity contribution in [1.29, 1.82) is 0 Å². The van der Waals surface area contributed by atoms with E-state index in [1.54, 1.807) is 0 Å². The van der Waals surface area contributed by atoms with Crippen molar-refractivity contribution in [1.82, 2.24) is 9.55 Å². The Bertz CT molecular complexity index is 418. The molecule has 2 N–H and O–H groups in total. The molecule has 18 heavy (non-hydrogen) atoms. The van der Waals surface area contributed by atoms with Gasteiger partial charge in [-0.15, -0.1) is 0 Å². The Balaban J connectivity index is 2.17.